The fourth-order valence-electron chi connectivity index (χ4n) is 3.50. The van der Waals surface area contributed by atoms with E-state index in [1.165, 1.54) is 18.2 Å². The number of para-hydroxylation sites is 2. The van der Waals surface area contributed by atoms with Crippen molar-refractivity contribution >= 4 is 34.4 Å². The van der Waals surface area contributed by atoms with Crippen LogP contribution in [0.1, 0.15) is 22.6 Å². The topological polar surface area (TPSA) is 69.3 Å². The number of fused-ring (bicyclic) bond motifs is 1. The molecule has 6 nitrogen and oxygen atoms in total. The lowest BCUT2D eigenvalue weighted by atomic mass is 10.1. The standard InChI is InChI=1S/C21H20ClFN4O2/c22-14-5-6-16(23)15(13-14)21(29)27-11-9-26(10-12-27)20(28)8-7-19-24-17-3-1-2-4-18(17)25-19/h1-6,13H,7-12H2,(H,24,25). The van der Waals surface area contributed by atoms with Crippen LogP contribution in [0, 0.1) is 5.82 Å². The lowest BCUT2D eigenvalue weighted by molar-refractivity contribution is -0.132. The maximum absolute atomic E-state index is 13.9. The number of aromatic amines is 1. The quantitative estimate of drug-likeness (QED) is 0.712. The average molecular weight is 415 g/mol. The molecule has 1 aliphatic heterocycles. The number of rotatable bonds is 4. The second-order valence-electron chi connectivity index (χ2n) is 7.00. The van der Waals surface area contributed by atoms with Gasteiger partial charge in [0.2, 0.25) is 5.91 Å². The van der Waals surface area contributed by atoms with Gasteiger partial charge in [-0.25, -0.2) is 9.37 Å². The van der Waals surface area contributed by atoms with Crippen LogP contribution in [0.2, 0.25) is 5.02 Å². The molecular formula is C21H20ClFN4O2. The lowest BCUT2D eigenvalue weighted by Gasteiger charge is -2.35. The Morgan fingerprint density at radius 2 is 1.79 bits per heavy atom. The van der Waals surface area contributed by atoms with Crippen molar-refractivity contribution in [1.82, 2.24) is 19.8 Å². The van der Waals surface area contributed by atoms with Gasteiger partial charge in [-0.2, -0.15) is 0 Å². The van der Waals surface area contributed by atoms with Crippen molar-refractivity contribution in [3.05, 3.63) is 64.7 Å². The van der Waals surface area contributed by atoms with Crippen LogP contribution in [0.5, 0.6) is 0 Å². The first kappa shape index (κ1) is 19.4. The number of carbonyl (C=O) groups excluding carboxylic acids is 2. The first-order valence-corrected chi connectivity index (χ1v) is 9.85. The van der Waals surface area contributed by atoms with E-state index in [1.54, 1.807) is 9.80 Å². The van der Waals surface area contributed by atoms with Gasteiger partial charge in [0.25, 0.3) is 5.91 Å². The highest BCUT2D eigenvalue weighted by molar-refractivity contribution is 6.31. The molecule has 0 bridgehead atoms. The van der Waals surface area contributed by atoms with E-state index in [4.69, 9.17) is 11.6 Å². The van der Waals surface area contributed by atoms with E-state index >= 15 is 0 Å². The SMILES string of the molecule is O=C(CCc1nc2ccccc2[nH]1)N1CCN(C(=O)c2cc(Cl)ccc2F)CC1. The van der Waals surface area contributed by atoms with E-state index in [0.717, 1.165) is 16.9 Å². The monoisotopic (exact) mass is 414 g/mol. The average Bonchev–Trinajstić information content (AvgIpc) is 3.16. The van der Waals surface area contributed by atoms with Gasteiger partial charge in [-0.1, -0.05) is 23.7 Å². The molecule has 0 atom stereocenters. The molecule has 29 heavy (non-hydrogen) atoms. The molecule has 2 heterocycles. The molecule has 2 aromatic carbocycles. The molecule has 4 rings (SSSR count). The zero-order chi connectivity index (χ0) is 20.4. The van der Waals surface area contributed by atoms with Gasteiger partial charge < -0.3 is 14.8 Å². The molecule has 1 aromatic heterocycles. The number of carbonyl (C=O) groups is 2. The second-order valence-corrected chi connectivity index (χ2v) is 7.43. The third kappa shape index (κ3) is 4.24. The van der Waals surface area contributed by atoms with E-state index < -0.39 is 11.7 Å². The molecule has 0 saturated carbocycles. The van der Waals surface area contributed by atoms with Gasteiger partial charge in [-0.15, -0.1) is 0 Å². The number of nitrogens with one attached hydrogen (secondary N) is 1. The summed E-state index contributed by atoms with van der Waals surface area (Å²) in [6.07, 6.45) is 0.872. The number of halogens is 2. The molecule has 150 valence electrons. The largest absolute Gasteiger partial charge is 0.342 e. The number of nitrogens with zero attached hydrogens (tertiary/aromatic N) is 3. The zero-order valence-corrected chi connectivity index (χ0v) is 16.5. The first-order chi connectivity index (χ1) is 14.0. The van der Waals surface area contributed by atoms with E-state index in [-0.39, 0.29) is 11.5 Å². The highest BCUT2D eigenvalue weighted by Gasteiger charge is 2.26. The van der Waals surface area contributed by atoms with Crippen molar-refractivity contribution in [1.29, 1.82) is 0 Å². The van der Waals surface area contributed by atoms with Crippen molar-refractivity contribution < 1.29 is 14.0 Å². The van der Waals surface area contributed by atoms with Crippen LogP contribution in [0.25, 0.3) is 11.0 Å². The Balaban J connectivity index is 1.31. The third-order valence-electron chi connectivity index (χ3n) is 5.09. The summed E-state index contributed by atoms with van der Waals surface area (Å²) in [5.74, 6) is -0.195. The van der Waals surface area contributed by atoms with Gasteiger partial charge in [-0.3, -0.25) is 9.59 Å². The third-order valence-corrected chi connectivity index (χ3v) is 5.33. The fourth-order valence-corrected chi connectivity index (χ4v) is 3.67. The zero-order valence-electron chi connectivity index (χ0n) is 15.7. The molecule has 0 unspecified atom stereocenters. The molecule has 1 aliphatic rings. The highest BCUT2D eigenvalue weighted by atomic mass is 35.5. The number of piperazine rings is 1. The second kappa shape index (κ2) is 8.21. The Labute approximate surface area is 172 Å². The number of H-pyrrole nitrogens is 1. The maximum Gasteiger partial charge on any atom is 0.257 e. The Kier molecular flexibility index (Phi) is 5.49. The van der Waals surface area contributed by atoms with E-state index in [9.17, 15) is 14.0 Å². The molecule has 0 spiro atoms. The predicted octanol–water partition coefficient (Wildman–Crippen LogP) is 3.27. The molecule has 8 heteroatoms. The molecule has 2 amide bonds. The molecule has 0 aliphatic carbocycles. The molecule has 0 radical (unpaired) electrons. The summed E-state index contributed by atoms with van der Waals surface area (Å²) in [6, 6.07) is 11.7. The van der Waals surface area contributed by atoms with E-state index in [1.807, 2.05) is 24.3 Å². The number of aryl methyl sites for hydroxylation is 1. The van der Waals surface area contributed by atoms with Crippen molar-refractivity contribution in [2.45, 2.75) is 12.8 Å². The van der Waals surface area contributed by atoms with Crippen LogP contribution < -0.4 is 0 Å². The van der Waals surface area contributed by atoms with Crippen molar-refractivity contribution in [2.75, 3.05) is 26.2 Å². The fraction of sp³-hybridized carbons (Fsp3) is 0.286. The summed E-state index contributed by atoms with van der Waals surface area (Å²) >= 11 is 5.88. The Morgan fingerprint density at radius 3 is 2.55 bits per heavy atom. The van der Waals surface area contributed by atoms with E-state index in [0.29, 0.717) is 44.0 Å². The number of aromatic nitrogens is 2. The summed E-state index contributed by atoms with van der Waals surface area (Å²) in [4.78, 5) is 36.1. The smallest absolute Gasteiger partial charge is 0.257 e. The van der Waals surface area contributed by atoms with Crippen LogP contribution >= 0.6 is 11.6 Å². The van der Waals surface area contributed by atoms with Crippen molar-refractivity contribution in [3.63, 3.8) is 0 Å². The molecular weight excluding hydrogens is 395 g/mol. The molecule has 3 aromatic rings. The maximum atomic E-state index is 13.9. The number of imidazole rings is 1. The molecule has 1 N–H and O–H groups in total. The van der Waals surface area contributed by atoms with Crippen molar-refractivity contribution in [3.8, 4) is 0 Å². The van der Waals surface area contributed by atoms with Gasteiger partial charge >= 0.3 is 0 Å². The van der Waals surface area contributed by atoms with Crippen LogP contribution in [0.4, 0.5) is 4.39 Å². The van der Waals surface area contributed by atoms with E-state index in [2.05, 4.69) is 9.97 Å². The minimum atomic E-state index is -0.594. The summed E-state index contributed by atoms with van der Waals surface area (Å²) < 4.78 is 13.9. The summed E-state index contributed by atoms with van der Waals surface area (Å²) in [5, 5.41) is 0.314. The first-order valence-electron chi connectivity index (χ1n) is 9.47. The molecule has 1 fully saturated rings. The lowest BCUT2D eigenvalue weighted by Crippen LogP contribution is -2.50. The van der Waals surface area contributed by atoms with Crippen LogP contribution in [-0.4, -0.2) is 57.8 Å². The van der Waals surface area contributed by atoms with Crippen molar-refractivity contribution in [2.24, 2.45) is 0 Å². The Bertz CT molecular complexity index is 1030. The van der Waals surface area contributed by atoms with Crippen LogP contribution in [-0.2, 0) is 11.2 Å². The normalized spacial score (nSPS) is 14.4. The number of hydrogen-bond donors (Lipinski definition) is 1. The Morgan fingerprint density at radius 1 is 1.07 bits per heavy atom. The van der Waals surface area contributed by atoms with Crippen LogP contribution in [0.15, 0.2) is 42.5 Å². The minimum absolute atomic E-state index is 0.0199. The summed E-state index contributed by atoms with van der Waals surface area (Å²) in [7, 11) is 0. The molecule has 1 saturated heterocycles. The minimum Gasteiger partial charge on any atom is -0.342 e. The highest BCUT2D eigenvalue weighted by Crippen LogP contribution is 2.18. The van der Waals surface area contributed by atoms with Gasteiger partial charge in [0.05, 0.1) is 16.6 Å². The predicted molar refractivity (Wildman–Crippen MR) is 108 cm³/mol. The number of hydrogen-bond acceptors (Lipinski definition) is 3. The Hall–Kier alpha value is -2.93. The van der Waals surface area contributed by atoms with Gasteiger partial charge in [0, 0.05) is 44.0 Å². The van der Waals surface area contributed by atoms with Gasteiger partial charge in [0.1, 0.15) is 11.6 Å². The summed E-state index contributed by atoms with van der Waals surface area (Å²) in [5.41, 5.74) is 1.80. The summed E-state index contributed by atoms with van der Waals surface area (Å²) in [6.45, 7) is 1.57. The number of benzene rings is 2. The number of amides is 2. The van der Waals surface area contributed by atoms with Gasteiger partial charge in [0.15, 0.2) is 0 Å². The van der Waals surface area contributed by atoms with Gasteiger partial charge in [-0.05, 0) is 30.3 Å². The van der Waals surface area contributed by atoms with Crippen LogP contribution in [0.3, 0.4) is 0 Å².